The van der Waals surface area contributed by atoms with Crippen LogP contribution in [0.5, 0.6) is 0 Å². The molecule has 5 heteroatoms. The van der Waals surface area contributed by atoms with E-state index in [-0.39, 0.29) is 0 Å². The van der Waals surface area contributed by atoms with Gasteiger partial charge in [0, 0.05) is 29.6 Å². The number of rotatable bonds is 8. The molecule has 0 saturated heterocycles. The van der Waals surface area contributed by atoms with Crippen molar-refractivity contribution < 1.29 is 0 Å². The zero-order valence-electron chi connectivity index (χ0n) is 13.0. The third-order valence-corrected chi connectivity index (χ3v) is 4.91. The summed E-state index contributed by atoms with van der Waals surface area (Å²) >= 11 is 7.76. The number of nitrogens with one attached hydrogen (secondary N) is 1. The topological polar surface area (TPSA) is 29.9 Å². The highest BCUT2D eigenvalue weighted by atomic mass is 35.5. The van der Waals surface area contributed by atoms with E-state index in [4.69, 9.17) is 11.6 Å². The van der Waals surface area contributed by atoms with Crippen LogP contribution in [-0.2, 0) is 19.4 Å². The van der Waals surface area contributed by atoms with Gasteiger partial charge in [0.15, 0.2) is 0 Å². The molecule has 2 aromatic rings. The lowest BCUT2D eigenvalue weighted by molar-refractivity contribution is 0.508. The summed E-state index contributed by atoms with van der Waals surface area (Å²) in [5.74, 6) is 0. The number of thiophene rings is 1. The summed E-state index contributed by atoms with van der Waals surface area (Å²) in [6.45, 7) is 8.42. The van der Waals surface area contributed by atoms with E-state index in [0.29, 0.717) is 6.04 Å². The Labute approximate surface area is 136 Å². The molecule has 0 aromatic carbocycles. The molecular weight excluding hydrogens is 302 g/mol. The number of hydrogen-bond acceptors (Lipinski definition) is 3. The van der Waals surface area contributed by atoms with Gasteiger partial charge in [-0.15, -0.1) is 11.3 Å². The number of aromatic nitrogens is 2. The molecule has 0 radical (unpaired) electrons. The van der Waals surface area contributed by atoms with Crippen LogP contribution in [0.2, 0.25) is 4.34 Å². The predicted octanol–water partition coefficient (Wildman–Crippen LogP) is 4.46. The van der Waals surface area contributed by atoms with Gasteiger partial charge in [-0.2, -0.15) is 5.10 Å². The van der Waals surface area contributed by atoms with Gasteiger partial charge in [-0.3, -0.25) is 4.68 Å². The van der Waals surface area contributed by atoms with Crippen LogP contribution in [0.4, 0.5) is 0 Å². The molecule has 1 N–H and O–H groups in total. The average molecular weight is 326 g/mol. The highest BCUT2D eigenvalue weighted by molar-refractivity contribution is 7.16. The Balaban J connectivity index is 2.19. The van der Waals surface area contributed by atoms with Gasteiger partial charge in [0.05, 0.1) is 10.0 Å². The van der Waals surface area contributed by atoms with Gasteiger partial charge in [-0.25, -0.2) is 0 Å². The lowest BCUT2D eigenvalue weighted by atomic mass is 10.1. The zero-order chi connectivity index (χ0) is 15.2. The Hall–Kier alpha value is -0.840. The molecule has 2 rings (SSSR count). The molecule has 21 heavy (non-hydrogen) atoms. The van der Waals surface area contributed by atoms with E-state index >= 15 is 0 Å². The van der Waals surface area contributed by atoms with Crippen LogP contribution < -0.4 is 5.32 Å². The van der Waals surface area contributed by atoms with Gasteiger partial charge in [0.1, 0.15) is 0 Å². The highest BCUT2D eigenvalue weighted by Gasteiger charge is 2.17. The normalized spacial score (nSPS) is 12.8. The predicted molar refractivity (Wildman–Crippen MR) is 91.3 cm³/mol. The van der Waals surface area contributed by atoms with E-state index in [2.05, 4.69) is 48.0 Å². The van der Waals surface area contributed by atoms with Crippen LogP contribution in [0, 0.1) is 0 Å². The zero-order valence-corrected chi connectivity index (χ0v) is 14.6. The van der Waals surface area contributed by atoms with Crippen LogP contribution in [0.15, 0.2) is 18.2 Å². The SMILES string of the molecule is CCCNC(Cc1cc(CC)nn1CC)c1ccc(Cl)s1. The molecule has 0 amide bonds. The molecule has 2 aromatic heterocycles. The summed E-state index contributed by atoms with van der Waals surface area (Å²) in [5, 5.41) is 8.28. The Morgan fingerprint density at radius 3 is 2.71 bits per heavy atom. The molecule has 0 fully saturated rings. The molecule has 0 aliphatic rings. The van der Waals surface area contributed by atoms with Crippen molar-refractivity contribution in [3.8, 4) is 0 Å². The highest BCUT2D eigenvalue weighted by Crippen LogP contribution is 2.29. The average Bonchev–Trinajstić information content (AvgIpc) is 3.09. The molecule has 0 bridgehead atoms. The van der Waals surface area contributed by atoms with Crippen molar-refractivity contribution in [2.45, 2.75) is 52.6 Å². The quantitative estimate of drug-likeness (QED) is 0.776. The van der Waals surface area contributed by atoms with Gasteiger partial charge >= 0.3 is 0 Å². The van der Waals surface area contributed by atoms with Gasteiger partial charge < -0.3 is 5.32 Å². The monoisotopic (exact) mass is 325 g/mol. The minimum atomic E-state index is 0.314. The number of hydrogen-bond donors (Lipinski definition) is 1. The summed E-state index contributed by atoms with van der Waals surface area (Å²) in [6.07, 6.45) is 3.07. The maximum Gasteiger partial charge on any atom is 0.0931 e. The van der Waals surface area contributed by atoms with Crippen molar-refractivity contribution >= 4 is 22.9 Å². The Morgan fingerprint density at radius 2 is 2.14 bits per heavy atom. The Morgan fingerprint density at radius 1 is 1.33 bits per heavy atom. The fourth-order valence-corrected chi connectivity index (χ4v) is 3.58. The van der Waals surface area contributed by atoms with E-state index in [1.54, 1.807) is 11.3 Å². The summed E-state index contributed by atoms with van der Waals surface area (Å²) in [6, 6.07) is 6.67. The molecular formula is C16H24ClN3S. The molecule has 3 nitrogen and oxygen atoms in total. The van der Waals surface area contributed by atoms with E-state index in [1.165, 1.54) is 16.3 Å². The summed E-state index contributed by atoms with van der Waals surface area (Å²) in [5.41, 5.74) is 2.47. The third kappa shape index (κ3) is 4.31. The standard InChI is InChI=1S/C16H24ClN3S/c1-4-9-18-14(15-7-8-16(17)21-15)11-13-10-12(5-2)19-20(13)6-3/h7-8,10,14,18H,4-6,9,11H2,1-3H3. The smallest absolute Gasteiger partial charge is 0.0931 e. The molecule has 0 aliphatic heterocycles. The summed E-state index contributed by atoms with van der Waals surface area (Å²) in [4.78, 5) is 1.30. The second-order valence-electron chi connectivity index (χ2n) is 5.15. The van der Waals surface area contributed by atoms with Crippen molar-refractivity contribution in [2.24, 2.45) is 0 Å². The fraction of sp³-hybridized carbons (Fsp3) is 0.562. The van der Waals surface area contributed by atoms with Crippen LogP contribution in [0.25, 0.3) is 0 Å². The summed E-state index contributed by atoms with van der Waals surface area (Å²) < 4.78 is 2.97. The molecule has 116 valence electrons. The number of aryl methyl sites for hydroxylation is 2. The number of halogens is 1. The second kappa shape index (κ2) is 7.97. The Kier molecular flexibility index (Phi) is 6.27. The minimum absolute atomic E-state index is 0.314. The number of nitrogens with zero attached hydrogens (tertiary/aromatic N) is 2. The van der Waals surface area contributed by atoms with Gasteiger partial charge in [0.2, 0.25) is 0 Å². The second-order valence-corrected chi connectivity index (χ2v) is 6.90. The van der Waals surface area contributed by atoms with E-state index < -0.39 is 0 Å². The molecule has 0 saturated carbocycles. The third-order valence-electron chi connectivity index (χ3n) is 3.57. The first-order valence-electron chi connectivity index (χ1n) is 7.72. The first kappa shape index (κ1) is 16.5. The van der Waals surface area contributed by atoms with Gasteiger partial charge in [0.25, 0.3) is 0 Å². The van der Waals surface area contributed by atoms with Crippen molar-refractivity contribution in [3.05, 3.63) is 38.8 Å². The molecule has 0 spiro atoms. The lowest BCUT2D eigenvalue weighted by Crippen LogP contribution is -2.24. The van der Waals surface area contributed by atoms with Crippen molar-refractivity contribution in [3.63, 3.8) is 0 Å². The van der Waals surface area contributed by atoms with Crippen molar-refractivity contribution in [1.82, 2.24) is 15.1 Å². The maximum absolute atomic E-state index is 6.10. The van der Waals surface area contributed by atoms with Crippen molar-refractivity contribution in [1.29, 1.82) is 0 Å². The van der Waals surface area contributed by atoms with Gasteiger partial charge in [-0.05, 0) is 44.5 Å². The molecule has 1 unspecified atom stereocenters. The van der Waals surface area contributed by atoms with E-state index in [1.807, 2.05) is 6.07 Å². The lowest BCUT2D eigenvalue weighted by Gasteiger charge is -2.17. The molecule has 0 aliphatic carbocycles. The Bertz CT molecular complexity index is 562. The van der Waals surface area contributed by atoms with Crippen LogP contribution in [0.3, 0.4) is 0 Å². The largest absolute Gasteiger partial charge is 0.309 e. The molecule has 2 heterocycles. The first-order valence-corrected chi connectivity index (χ1v) is 8.91. The molecule has 1 atom stereocenters. The summed E-state index contributed by atoms with van der Waals surface area (Å²) in [7, 11) is 0. The van der Waals surface area contributed by atoms with E-state index in [0.717, 1.165) is 36.7 Å². The fourth-order valence-electron chi connectivity index (χ4n) is 2.44. The van der Waals surface area contributed by atoms with E-state index in [9.17, 15) is 0 Å². The van der Waals surface area contributed by atoms with Crippen LogP contribution >= 0.6 is 22.9 Å². The van der Waals surface area contributed by atoms with Crippen LogP contribution in [-0.4, -0.2) is 16.3 Å². The maximum atomic E-state index is 6.10. The van der Waals surface area contributed by atoms with Crippen molar-refractivity contribution in [2.75, 3.05) is 6.54 Å². The minimum Gasteiger partial charge on any atom is -0.309 e. The van der Waals surface area contributed by atoms with Crippen LogP contribution in [0.1, 0.15) is 49.5 Å². The van der Waals surface area contributed by atoms with Gasteiger partial charge in [-0.1, -0.05) is 25.4 Å². The first-order chi connectivity index (χ1) is 10.2.